The average molecular weight is 378 g/mol. The van der Waals surface area contributed by atoms with Gasteiger partial charge in [-0.3, -0.25) is 9.69 Å². The number of carbonyl (C=O) groups excluding carboxylic acids is 1. The number of hydrogen-bond donors (Lipinski definition) is 0. The minimum absolute atomic E-state index is 0.0885. The van der Waals surface area contributed by atoms with Crippen molar-refractivity contribution >= 4 is 11.6 Å². The molecule has 1 aromatic carbocycles. The van der Waals surface area contributed by atoms with Gasteiger partial charge in [0.05, 0.1) is 18.0 Å². The first-order valence-electron chi connectivity index (χ1n) is 9.79. The Hall–Kier alpha value is -2.86. The van der Waals surface area contributed by atoms with E-state index in [1.54, 1.807) is 0 Å². The normalized spacial score (nSPS) is 15.3. The first-order chi connectivity index (χ1) is 13.6. The van der Waals surface area contributed by atoms with Gasteiger partial charge >= 0.3 is 0 Å². The molecule has 0 spiro atoms. The second-order valence-corrected chi connectivity index (χ2v) is 7.44. The lowest BCUT2D eigenvalue weighted by Gasteiger charge is -2.34. The van der Waals surface area contributed by atoms with Crippen LogP contribution in [-0.2, 0) is 6.54 Å². The van der Waals surface area contributed by atoms with E-state index in [1.807, 2.05) is 73.6 Å². The van der Waals surface area contributed by atoms with Crippen molar-refractivity contribution in [2.75, 3.05) is 26.2 Å². The zero-order valence-electron chi connectivity index (χ0n) is 16.4. The molecule has 0 aliphatic carbocycles. The fourth-order valence-corrected chi connectivity index (χ4v) is 3.57. The zero-order valence-corrected chi connectivity index (χ0v) is 16.4. The van der Waals surface area contributed by atoms with Crippen molar-refractivity contribution in [3.63, 3.8) is 0 Å². The lowest BCUT2D eigenvalue weighted by atomic mass is 10.1. The van der Waals surface area contributed by atoms with Crippen LogP contribution in [0, 0.1) is 0 Å². The number of pyridine rings is 1. The Labute approximate surface area is 165 Å². The SMILES string of the molecule is CC(C)Oc1ccc(C(=O)N2CCN(Cc3cnc4ccccn34)CC2)cc1. The van der Waals surface area contributed by atoms with Crippen LogP contribution in [0.4, 0.5) is 0 Å². The van der Waals surface area contributed by atoms with Crippen LogP contribution in [0.25, 0.3) is 5.65 Å². The van der Waals surface area contributed by atoms with E-state index in [0.29, 0.717) is 5.56 Å². The average Bonchev–Trinajstić information content (AvgIpc) is 3.11. The molecule has 0 saturated carbocycles. The summed E-state index contributed by atoms with van der Waals surface area (Å²) < 4.78 is 7.77. The van der Waals surface area contributed by atoms with Crippen molar-refractivity contribution in [1.29, 1.82) is 0 Å². The summed E-state index contributed by atoms with van der Waals surface area (Å²) in [6, 6.07) is 13.5. The molecule has 1 amide bonds. The highest BCUT2D eigenvalue weighted by Gasteiger charge is 2.22. The smallest absolute Gasteiger partial charge is 0.253 e. The van der Waals surface area contributed by atoms with Crippen LogP contribution in [-0.4, -0.2) is 57.4 Å². The van der Waals surface area contributed by atoms with Gasteiger partial charge in [0, 0.05) is 44.5 Å². The van der Waals surface area contributed by atoms with E-state index in [2.05, 4.69) is 14.3 Å². The van der Waals surface area contributed by atoms with Gasteiger partial charge in [0.25, 0.3) is 5.91 Å². The van der Waals surface area contributed by atoms with Crippen LogP contribution in [0.3, 0.4) is 0 Å². The highest BCUT2D eigenvalue weighted by atomic mass is 16.5. The van der Waals surface area contributed by atoms with Crippen LogP contribution in [0.2, 0.25) is 0 Å². The summed E-state index contributed by atoms with van der Waals surface area (Å²) in [4.78, 5) is 21.5. The van der Waals surface area contributed by atoms with Crippen molar-refractivity contribution in [2.45, 2.75) is 26.5 Å². The van der Waals surface area contributed by atoms with Gasteiger partial charge in [-0.2, -0.15) is 0 Å². The maximum Gasteiger partial charge on any atom is 0.253 e. The van der Waals surface area contributed by atoms with Crippen LogP contribution in [0.1, 0.15) is 29.9 Å². The minimum atomic E-state index is 0.0885. The Morgan fingerprint density at radius 1 is 1.07 bits per heavy atom. The molecule has 0 radical (unpaired) electrons. The van der Waals surface area contributed by atoms with Gasteiger partial charge in [0.15, 0.2) is 0 Å². The number of rotatable bonds is 5. The molecule has 28 heavy (non-hydrogen) atoms. The standard InChI is InChI=1S/C22H26N4O2/c1-17(2)28-20-8-6-18(7-9-20)22(27)25-13-11-24(12-14-25)16-19-15-23-21-5-3-4-10-26(19)21/h3-10,15,17H,11-14,16H2,1-2H3. The largest absolute Gasteiger partial charge is 0.491 e. The van der Waals surface area contributed by atoms with Gasteiger partial charge in [-0.05, 0) is 50.2 Å². The molecule has 6 nitrogen and oxygen atoms in total. The summed E-state index contributed by atoms with van der Waals surface area (Å²) in [5.41, 5.74) is 2.86. The third-order valence-corrected chi connectivity index (χ3v) is 5.01. The first-order valence-corrected chi connectivity index (χ1v) is 9.79. The molecule has 3 heterocycles. The number of benzene rings is 1. The van der Waals surface area contributed by atoms with E-state index in [4.69, 9.17) is 4.74 Å². The highest BCUT2D eigenvalue weighted by Crippen LogP contribution is 2.17. The van der Waals surface area contributed by atoms with E-state index < -0.39 is 0 Å². The Morgan fingerprint density at radius 2 is 1.82 bits per heavy atom. The molecule has 1 saturated heterocycles. The van der Waals surface area contributed by atoms with E-state index >= 15 is 0 Å². The van der Waals surface area contributed by atoms with Gasteiger partial charge < -0.3 is 14.0 Å². The van der Waals surface area contributed by atoms with Crippen molar-refractivity contribution in [3.8, 4) is 5.75 Å². The Morgan fingerprint density at radius 3 is 2.54 bits per heavy atom. The molecular weight excluding hydrogens is 352 g/mol. The molecule has 0 N–H and O–H groups in total. The molecule has 3 aromatic rings. The second kappa shape index (κ2) is 8.02. The number of piperazine rings is 1. The fourth-order valence-electron chi connectivity index (χ4n) is 3.57. The molecule has 0 atom stereocenters. The van der Waals surface area contributed by atoms with Crippen molar-refractivity contribution in [3.05, 3.63) is 66.1 Å². The summed E-state index contributed by atoms with van der Waals surface area (Å²) in [7, 11) is 0. The Bertz CT molecular complexity index is 941. The van der Waals surface area contributed by atoms with Crippen molar-refractivity contribution in [2.24, 2.45) is 0 Å². The molecule has 1 aliphatic rings. The maximum atomic E-state index is 12.8. The number of nitrogens with zero attached hydrogens (tertiary/aromatic N) is 4. The summed E-state index contributed by atoms with van der Waals surface area (Å²) >= 11 is 0. The highest BCUT2D eigenvalue weighted by molar-refractivity contribution is 5.94. The molecule has 1 aliphatic heterocycles. The van der Waals surface area contributed by atoms with Gasteiger partial charge in [0.2, 0.25) is 0 Å². The third kappa shape index (κ3) is 4.02. The molecule has 6 heteroatoms. The van der Waals surface area contributed by atoms with Crippen LogP contribution in [0.5, 0.6) is 5.75 Å². The number of ether oxygens (including phenoxy) is 1. The minimum Gasteiger partial charge on any atom is -0.491 e. The first kappa shape index (κ1) is 18.5. The topological polar surface area (TPSA) is 50.1 Å². The molecule has 4 rings (SSSR count). The lowest BCUT2D eigenvalue weighted by Crippen LogP contribution is -2.48. The van der Waals surface area contributed by atoms with Gasteiger partial charge in [0.1, 0.15) is 11.4 Å². The van der Waals surface area contributed by atoms with Gasteiger partial charge in [-0.25, -0.2) is 4.98 Å². The fraction of sp³-hybridized carbons (Fsp3) is 0.364. The predicted octanol–water partition coefficient (Wildman–Crippen LogP) is 3.08. The van der Waals surface area contributed by atoms with Crippen molar-refractivity contribution in [1.82, 2.24) is 19.2 Å². The van der Waals surface area contributed by atoms with Gasteiger partial charge in [-0.15, -0.1) is 0 Å². The summed E-state index contributed by atoms with van der Waals surface area (Å²) in [5.74, 6) is 0.884. The summed E-state index contributed by atoms with van der Waals surface area (Å²) in [6.45, 7) is 8.02. The molecule has 1 fully saturated rings. The monoisotopic (exact) mass is 378 g/mol. The molecule has 0 unspecified atom stereocenters. The Balaban J connectivity index is 1.34. The number of fused-ring (bicyclic) bond motifs is 1. The number of imidazole rings is 1. The number of amides is 1. The number of aromatic nitrogens is 2. The predicted molar refractivity (Wildman–Crippen MR) is 109 cm³/mol. The van der Waals surface area contributed by atoms with Crippen LogP contribution < -0.4 is 4.74 Å². The van der Waals surface area contributed by atoms with Crippen LogP contribution in [0.15, 0.2) is 54.9 Å². The van der Waals surface area contributed by atoms with Crippen LogP contribution >= 0.6 is 0 Å². The lowest BCUT2D eigenvalue weighted by molar-refractivity contribution is 0.0626. The van der Waals surface area contributed by atoms with E-state index in [0.717, 1.165) is 44.1 Å². The zero-order chi connectivity index (χ0) is 19.5. The maximum absolute atomic E-state index is 12.8. The molecule has 146 valence electrons. The molecular formula is C22H26N4O2. The summed E-state index contributed by atoms with van der Waals surface area (Å²) in [6.07, 6.45) is 4.11. The third-order valence-electron chi connectivity index (χ3n) is 5.01. The summed E-state index contributed by atoms with van der Waals surface area (Å²) in [5, 5.41) is 0. The van der Waals surface area contributed by atoms with E-state index in [1.165, 1.54) is 5.69 Å². The quantitative estimate of drug-likeness (QED) is 0.685. The molecule has 0 bridgehead atoms. The Kier molecular flexibility index (Phi) is 5.30. The van der Waals surface area contributed by atoms with E-state index in [9.17, 15) is 4.79 Å². The van der Waals surface area contributed by atoms with Gasteiger partial charge in [-0.1, -0.05) is 6.07 Å². The van der Waals surface area contributed by atoms with E-state index in [-0.39, 0.29) is 12.0 Å². The van der Waals surface area contributed by atoms with Crippen molar-refractivity contribution < 1.29 is 9.53 Å². The number of hydrogen-bond acceptors (Lipinski definition) is 4. The number of carbonyl (C=O) groups is 1. The second-order valence-electron chi connectivity index (χ2n) is 7.44. The molecule has 2 aromatic heterocycles.